The van der Waals surface area contributed by atoms with Crippen molar-refractivity contribution in [1.29, 1.82) is 0 Å². The molecule has 3 nitrogen and oxygen atoms in total. The quantitative estimate of drug-likeness (QED) is 0.907. The van der Waals surface area contributed by atoms with Crippen LogP contribution in [0.5, 0.6) is 0 Å². The molecule has 1 saturated heterocycles. The van der Waals surface area contributed by atoms with Crippen LogP contribution >= 0.6 is 11.3 Å². The highest BCUT2D eigenvalue weighted by atomic mass is 32.1. The Bertz CT molecular complexity index is 475. The van der Waals surface area contributed by atoms with Crippen molar-refractivity contribution >= 4 is 17.2 Å². The fraction of sp³-hybridized carbons (Fsp3) is 0.688. The molecule has 0 radical (unpaired) electrons. The summed E-state index contributed by atoms with van der Waals surface area (Å²) in [5.41, 5.74) is 6.23. The SMILES string of the molecule is CCc1ccc(C2C(N)CCCC(=O)N2C(C)(C)C)s1. The molecule has 1 aromatic rings. The molecule has 0 spiro atoms. The van der Waals surface area contributed by atoms with Crippen LogP contribution in [-0.4, -0.2) is 22.4 Å². The first kappa shape index (κ1) is 15.5. The maximum atomic E-state index is 12.5. The fourth-order valence-corrected chi connectivity index (χ4v) is 4.11. The zero-order valence-corrected chi connectivity index (χ0v) is 13.8. The summed E-state index contributed by atoms with van der Waals surface area (Å²) < 4.78 is 0. The van der Waals surface area contributed by atoms with Crippen molar-refractivity contribution in [2.24, 2.45) is 5.73 Å². The van der Waals surface area contributed by atoms with Gasteiger partial charge in [0, 0.05) is 27.8 Å². The van der Waals surface area contributed by atoms with Crippen LogP contribution in [0.4, 0.5) is 0 Å². The third kappa shape index (κ3) is 3.07. The van der Waals surface area contributed by atoms with Gasteiger partial charge in [0.15, 0.2) is 0 Å². The van der Waals surface area contributed by atoms with Gasteiger partial charge in [-0.2, -0.15) is 0 Å². The van der Waals surface area contributed by atoms with E-state index in [9.17, 15) is 4.79 Å². The van der Waals surface area contributed by atoms with Crippen molar-refractivity contribution < 1.29 is 4.79 Å². The Balaban J connectivity index is 2.43. The molecule has 0 aliphatic carbocycles. The number of carbonyl (C=O) groups excluding carboxylic acids is 1. The average Bonchev–Trinajstić information content (AvgIpc) is 2.76. The van der Waals surface area contributed by atoms with Crippen molar-refractivity contribution in [3.63, 3.8) is 0 Å². The van der Waals surface area contributed by atoms with Crippen LogP contribution in [0.2, 0.25) is 0 Å². The van der Waals surface area contributed by atoms with Gasteiger partial charge in [0.2, 0.25) is 5.91 Å². The third-order valence-electron chi connectivity index (χ3n) is 3.93. The van der Waals surface area contributed by atoms with Gasteiger partial charge in [0.1, 0.15) is 0 Å². The molecule has 112 valence electrons. The van der Waals surface area contributed by atoms with Gasteiger partial charge in [-0.25, -0.2) is 0 Å². The van der Waals surface area contributed by atoms with E-state index in [1.165, 1.54) is 9.75 Å². The van der Waals surface area contributed by atoms with Crippen LogP contribution in [0.3, 0.4) is 0 Å². The summed E-state index contributed by atoms with van der Waals surface area (Å²) in [5, 5.41) is 0. The van der Waals surface area contributed by atoms with Crippen LogP contribution < -0.4 is 5.73 Å². The molecular weight excluding hydrogens is 268 g/mol. The summed E-state index contributed by atoms with van der Waals surface area (Å²) in [7, 11) is 0. The van der Waals surface area contributed by atoms with Gasteiger partial charge < -0.3 is 10.6 Å². The number of carbonyl (C=O) groups is 1. The second-order valence-electron chi connectivity index (χ2n) is 6.59. The van der Waals surface area contributed by atoms with E-state index in [2.05, 4.69) is 39.8 Å². The molecule has 2 heterocycles. The minimum Gasteiger partial charge on any atom is -0.328 e. The van der Waals surface area contributed by atoms with Gasteiger partial charge in [0.05, 0.1) is 6.04 Å². The summed E-state index contributed by atoms with van der Waals surface area (Å²) in [6.07, 6.45) is 3.47. The smallest absolute Gasteiger partial charge is 0.223 e. The molecule has 1 aliphatic heterocycles. The lowest BCUT2D eigenvalue weighted by molar-refractivity contribution is -0.138. The predicted octanol–water partition coefficient (Wildman–Crippen LogP) is 3.49. The summed E-state index contributed by atoms with van der Waals surface area (Å²) in [6, 6.07) is 4.38. The number of hydrogen-bond donors (Lipinski definition) is 1. The lowest BCUT2D eigenvalue weighted by Gasteiger charge is -2.42. The maximum absolute atomic E-state index is 12.5. The van der Waals surface area contributed by atoms with E-state index in [0.717, 1.165) is 19.3 Å². The number of thiophene rings is 1. The van der Waals surface area contributed by atoms with Crippen LogP contribution in [-0.2, 0) is 11.2 Å². The molecule has 1 aliphatic rings. The lowest BCUT2D eigenvalue weighted by atomic mass is 9.97. The summed E-state index contributed by atoms with van der Waals surface area (Å²) in [6.45, 7) is 8.47. The van der Waals surface area contributed by atoms with E-state index in [-0.39, 0.29) is 23.5 Å². The second-order valence-corrected chi connectivity index (χ2v) is 7.79. The molecule has 1 amide bonds. The summed E-state index contributed by atoms with van der Waals surface area (Å²) in [4.78, 5) is 17.2. The van der Waals surface area contributed by atoms with Crippen molar-refractivity contribution in [3.8, 4) is 0 Å². The highest BCUT2D eigenvalue weighted by Gasteiger charge is 2.39. The summed E-state index contributed by atoms with van der Waals surface area (Å²) in [5.74, 6) is 0.238. The molecule has 1 fully saturated rings. The fourth-order valence-electron chi connectivity index (χ4n) is 2.99. The highest BCUT2D eigenvalue weighted by Crippen LogP contribution is 2.38. The standard InChI is InChI=1S/C16H26N2OS/c1-5-11-9-10-13(20-11)15-12(17)7-6-8-14(19)18(15)16(2,3)4/h9-10,12,15H,5-8,17H2,1-4H3. The van der Waals surface area contributed by atoms with E-state index in [0.29, 0.717) is 6.42 Å². The molecule has 1 aromatic heterocycles. The van der Waals surface area contributed by atoms with Crippen LogP contribution in [0, 0.1) is 0 Å². The Morgan fingerprint density at radius 1 is 1.40 bits per heavy atom. The van der Waals surface area contributed by atoms with E-state index < -0.39 is 0 Å². The molecule has 2 N–H and O–H groups in total. The van der Waals surface area contributed by atoms with Crippen molar-refractivity contribution in [3.05, 3.63) is 21.9 Å². The van der Waals surface area contributed by atoms with Gasteiger partial charge in [-0.3, -0.25) is 4.79 Å². The average molecular weight is 294 g/mol. The van der Waals surface area contributed by atoms with Gasteiger partial charge in [-0.15, -0.1) is 11.3 Å². The van der Waals surface area contributed by atoms with Crippen molar-refractivity contribution in [2.45, 2.75) is 71.0 Å². The Labute approximate surface area is 126 Å². The Morgan fingerprint density at radius 2 is 2.10 bits per heavy atom. The first-order valence-corrected chi connectivity index (χ1v) is 8.32. The number of amides is 1. The molecule has 2 rings (SSSR count). The van der Waals surface area contributed by atoms with Crippen LogP contribution in [0.15, 0.2) is 12.1 Å². The largest absolute Gasteiger partial charge is 0.328 e. The molecule has 4 heteroatoms. The van der Waals surface area contributed by atoms with Gasteiger partial charge >= 0.3 is 0 Å². The lowest BCUT2D eigenvalue weighted by Crippen LogP contribution is -2.51. The molecule has 0 saturated carbocycles. The van der Waals surface area contributed by atoms with Crippen molar-refractivity contribution in [2.75, 3.05) is 0 Å². The topological polar surface area (TPSA) is 46.3 Å². The minimum absolute atomic E-state index is 0.0234. The molecular formula is C16H26N2OS. The van der Waals surface area contributed by atoms with E-state index in [1.54, 1.807) is 11.3 Å². The van der Waals surface area contributed by atoms with E-state index in [4.69, 9.17) is 5.73 Å². The first-order valence-electron chi connectivity index (χ1n) is 7.51. The van der Waals surface area contributed by atoms with E-state index in [1.807, 2.05) is 4.90 Å². The summed E-state index contributed by atoms with van der Waals surface area (Å²) >= 11 is 1.80. The van der Waals surface area contributed by atoms with Gasteiger partial charge in [-0.1, -0.05) is 6.92 Å². The second kappa shape index (κ2) is 5.86. The molecule has 20 heavy (non-hydrogen) atoms. The number of rotatable bonds is 2. The number of hydrogen-bond acceptors (Lipinski definition) is 3. The van der Waals surface area contributed by atoms with Gasteiger partial charge in [-0.05, 0) is 52.2 Å². The normalized spacial score (nSPS) is 24.9. The third-order valence-corrected chi connectivity index (χ3v) is 5.23. The monoisotopic (exact) mass is 294 g/mol. The Hall–Kier alpha value is -0.870. The number of nitrogens with two attached hydrogens (primary N) is 1. The Morgan fingerprint density at radius 3 is 2.65 bits per heavy atom. The maximum Gasteiger partial charge on any atom is 0.223 e. The molecule has 0 aromatic carbocycles. The first-order chi connectivity index (χ1) is 9.34. The van der Waals surface area contributed by atoms with Crippen LogP contribution in [0.25, 0.3) is 0 Å². The zero-order chi connectivity index (χ0) is 14.9. The number of aryl methyl sites for hydroxylation is 1. The van der Waals surface area contributed by atoms with Gasteiger partial charge in [0.25, 0.3) is 0 Å². The highest BCUT2D eigenvalue weighted by molar-refractivity contribution is 7.12. The molecule has 2 atom stereocenters. The number of likely N-dealkylation sites (tertiary alicyclic amines) is 1. The molecule has 0 bridgehead atoms. The van der Waals surface area contributed by atoms with Crippen molar-refractivity contribution in [1.82, 2.24) is 4.90 Å². The number of nitrogens with zero attached hydrogens (tertiary/aromatic N) is 1. The predicted molar refractivity (Wildman–Crippen MR) is 84.9 cm³/mol. The molecule has 2 unspecified atom stereocenters. The van der Waals surface area contributed by atoms with Crippen LogP contribution in [0.1, 0.15) is 62.8 Å². The minimum atomic E-state index is -0.194. The van der Waals surface area contributed by atoms with E-state index >= 15 is 0 Å². The zero-order valence-electron chi connectivity index (χ0n) is 13.0. The Kier molecular flexibility index (Phi) is 4.55.